The van der Waals surface area contributed by atoms with Crippen molar-refractivity contribution in [2.75, 3.05) is 0 Å². The largest absolute Gasteiger partial charge is 0.307 e. The summed E-state index contributed by atoms with van der Waals surface area (Å²) in [4.78, 5) is 0. The molecule has 3 fully saturated rings. The van der Waals surface area contributed by atoms with E-state index in [1.54, 1.807) is 5.56 Å². The molecular formula is C21H25N. The van der Waals surface area contributed by atoms with Gasteiger partial charge in [0.1, 0.15) is 0 Å². The molecule has 0 heterocycles. The van der Waals surface area contributed by atoms with E-state index in [0.29, 0.717) is 11.0 Å². The van der Waals surface area contributed by atoms with E-state index in [2.05, 4.69) is 66.0 Å². The molecule has 114 valence electrons. The van der Waals surface area contributed by atoms with Gasteiger partial charge in [0.05, 0.1) is 0 Å². The highest BCUT2D eigenvalue weighted by Gasteiger charge is 2.48. The van der Waals surface area contributed by atoms with Gasteiger partial charge in [0.25, 0.3) is 0 Å². The van der Waals surface area contributed by atoms with Crippen LogP contribution >= 0.6 is 0 Å². The van der Waals surface area contributed by atoms with E-state index in [-0.39, 0.29) is 0 Å². The van der Waals surface area contributed by atoms with Crippen molar-refractivity contribution >= 4 is 0 Å². The third-order valence-corrected chi connectivity index (χ3v) is 6.14. The van der Waals surface area contributed by atoms with Crippen LogP contribution in [0.15, 0.2) is 60.7 Å². The molecule has 0 atom stereocenters. The maximum absolute atomic E-state index is 3.91. The van der Waals surface area contributed by atoms with Gasteiger partial charge in [-0.15, -0.1) is 0 Å². The molecule has 2 bridgehead atoms. The summed E-state index contributed by atoms with van der Waals surface area (Å²) in [7, 11) is 0. The Bertz CT molecular complexity index is 592. The summed E-state index contributed by atoms with van der Waals surface area (Å²) in [6, 6.07) is 22.0. The van der Waals surface area contributed by atoms with E-state index in [1.807, 2.05) is 0 Å². The van der Waals surface area contributed by atoms with Crippen LogP contribution in [0, 0.1) is 0 Å². The average molecular weight is 291 g/mol. The van der Waals surface area contributed by atoms with Crippen LogP contribution in [0.3, 0.4) is 0 Å². The Morgan fingerprint density at radius 3 is 1.82 bits per heavy atom. The summed E-state index contributed by atoms with van der Waals surface area (Å²) >= 11 is 0. The van der Waals surface area contributed by atoms with Crippen molar-refractivity contribution in [1.29, 1.82) is 0 Å². The van der Waals surface area contributed by atoms with Gasteiger partial charge in [-0.05, 0) is 55.1 Å². The molecule has 0 saturated heterocycles. The molecular weight excluding hydrogens is 266 g/mol. The second-order valence-electron chi connectivity index (χ2n) is 7.27. The SMILES string of the molecule is c1ccc(CNC23CCC(c4ccccc4)(CC2)CC3)cc1. The van der Waals surface area contributed by atoms with Crippen molar-refractivity contribution < 1.29 is 0 Å². The molecule has 0 radical (unpaired) electrons. The first-order chi connectivity index (χ1) is 10.8. The molecule has 0 aliphatic heterocycles. The Labute approximate surface area is 133 Å². The number of benzene rings is 2. The van der Waals surface area contributed by atoms with E-state index in [4.69, 9.17) is 0 Å². The maximum Gasteiger partial charge on any atom is 0.0210 e. The summed E-state index contributed by atoms with van der Waals surface area (Å²) in [5.74, 6) is 0. The van der Waals surface area contributed by atoms with Crippen LogP contribution in [0.5, 0.6) is 0 Å². The number of nitrogens with one attached hydrogen (secondary N) is 1. The summed E-state index contributed by atoms with van der Waals surface area (Å²) in [5.41, 5.74) is 3.85. The number of hydrogen-bond donors (Lipinski definition) is 1. The Hall–Kier alpha value is -1.60. The minimum absolute atomic E-state index is 0.395. The zero-order valence-corrected chi connectivity index (χ0v) is 13.2. The minimum atomic E-state index is 0.395. The lowest BCUT2D eigenvalue weighted by atomic mass is 9.55. The first-order valence-corrected chi connectivity index (χ1v) is 8.65. The number of fused-ring (bicyclic) bond motifs is 3. The molecule has 3 aliphatic carbocycles. The van der Waals surface area contributed by atoms with Gasteiger partial charge >= 0.3 is 0 Å². The molecule has 2 aromatic carbocycles. The van der Waals surface area contributed by atoms with Crippen LogP contribution in [0.1, 0.15) is 49.7 Å². The lowest BCUT2D eigenvalue weighted by molar-refractivity contribution is 0.0758. The number of rotatable bonds is 4. The fourth-order valence-electron chi connectivity index (χ4n) is 4.56. The monoisotopic (exact) mass is 291 g/mol. The van der Waals surface area contributed by atoms with E-state index in [0.717, 1.165) is 6.54 Å². The van der Waals surface area contributed by atoms with Crippen molar-refractivity contribution in [1.82, 2.24) is 5.32 Å². The van der Waals surface area contributed by atoms with Crippen LogP contribution in [-0.2, 0) is 12.0 Å². The molecule has 3 saturated carbocycles. The van der Waals surface area contributed by atoms with Crippen LogP contribution in [-0.4, -0.2) is 5.54 Å². The fraction of sp³-hybridized carbons (Fsp3) is 0.429. The van der Waals surface area contributed by atoms with Crippen LogP contribution < -0.4 is 5.32 Å². The first kappa shape index (κ1) is 14.0. The van der Waals surface area contributed by atoms with Crippen molar-refractivity contribution in [3.63, 3.8) is 0 Å². The van der Waals surface area contributed by atoms with Gasteiger partial charge in [0.2, 0.25) is 0 Å². The quantitative estimate of drug-likeness (QED) is 0.851. The standard InChI is InChI=1S/C21H25N/c1-3-7-18(8-4-1)17-22-21-14-11-20(12-15-21,13-16-21)19-9-5-2-6-10-19/h1-10,22H,11-17H2. The molecule has 3 aliphatic rings. The van der Waals surface area contributed by atoms with Crippen LogP contribution in [0.2, 0.25) is 0 Å². The van der Waals surface area contributed by atoms with Crippen LogP contribution in [0.25, 0.3) is 0 Å². The normalized spacial score (nSPS) is 30.4. The zero-order chi connectivity index (χ0) is 14.9. The lowest BCUT2D eigenvalue weighted by Gasteiger charge is -2.54. The van der Waals surface area contributed by atoms with E-state index in [9.17, 15) is 0 Å². The molecule has 0 aromatic heterocycles. The van der Waals surface area contributed by atoms with Gasteiger partial charge in [-0.2, -0.15) is 0 Å². The molecule has 1 N–H and O–H groups in total. The predicted octanol–water partition coefficient (Wildman–Crippen LogP) is 4.82. The van der Waals surface area contributed by atoms with E-state index >= 15 is 0 Å². The van der Waals surface area contributed by atoms with Crippen LogP contribution in [0.4, 0.5) is 0 Å². The summed E-state index contributed by atoms with van der Waals surface area (Å²) in [5, 5.41) is 3.91. The summed E-state index contributed by atoms with van der Waals surface area (Å²) < 4.78 is 0. The van der Waals surface area contributed by atoms with Crippen molar-refractivity contribution in [2.24, 2.45) is 0 Å². The molecule has 1 heteroatoms. The van der Waals surface area contributed by atoms with Crippen molar-refractivity contribution in [2.45, 2.75) is 56.0 Å². The predicted molar refractivity (Wildman–Crippen MR) is 91.8 cm³/mol. The fourth-order valence-corrected chi connectivity index (χ4v) is 4.56. The topological polar surface area (TPSA) is 12.0 Å². The highest BCUT2D eigenvalue weighted by atomic mass is 15.0. The first-order valence-electron chi connectivity index (χ1n) is 8.65. The van der Waals surface area contributed by atoms with Gasteiger partial charge < -0.3 is 5.32 Å². The minimum Gasteiger partial charge on any atom is -0.307 e. The lowest BCUT2D eigenvalue weighted by Crippen LogP contribution is -2.55. The Balaban J connectivity index is 1.44. The third-order valence-electron chi connectivity index (χ3n) is 6.14. The van der Waals surface area contributed by atoms with Crippen molar-refractivity contribution in [3.8, 4) is 0 Å². The van der Waals surface area contributed by atoms with Gasteiger partial charge in [0, 0.05) is 12.1 Å². The molecule has 22 heavy (non-hydrogen) atoms. The summed E-state index contributed by atoms with van der Waals surface area (Å²) in [6.45, 7) is 1.01. The smallest absolute Gasteiger partial charge is 0.0210 e. The highest BCUT2D eigenvalue weighted by Crippen LogP contribution is 2.53. The van der Waals surface area contributed by atoms with E-state index in [1.165, 1.54) is 44.1 Å². The van der Waals surface area contributed by atoms with E-state index < -0.39 is 0 Å². The van der Waals surface area contributed by atoms with Crippen molar-refractivity contribution in [3.05, 3.63) is 71.8 Å². The maximum atomic E-state index is 3.91. The van der Waals surface area contributed by atoms with Gasteiger partial charge in [-0.1, -0.05) is 60.7 Å². The third kappa shape index (κ3) is 2.48. The molecule has 0 spiro atoms. The highest BCUT2D eigenvalue weighted by molar-refractivity contribution is 5.29. The Morgan fingerprint density at radius 1 is 0.682 bits per heavy atom. The second kappa shape index (κ2) is 5.55. The molecule has 0 unspecified atom stereocenters. The van der Waals surface area contributed by atoms with Gasteiger partial charge in [-0.25, -0.2) is 0 Å². The van der Waals surface area contributed by atoms with Gasteiger partial charge in [-0.3, -0.25) is 0 Å². The second-order valence-corrected chi connectivity index (χ2v) is 7.27. The Kier molecular flexibility index (Phi) is 3.54. The Morgan fingerprint density at radius 2 is 1.23 bits per heavy atom. The molecule has 1 nitrogen and oxygen atoms in total. The zero-order valence-electron chi connectivity index (χ0n) is 13.2. The molecule has 2 aromatic rings. The van der Waals surface area contributed by atoms with Gasteiger partial charge in [0.15, 0.2) is 0 Å². The molecule has 0 amide bonds. The molecule has 5 rings (SSSR count). The average Bonchev–Trinajstić information content (AvgIpc) is 2.63. The summed E-state index contributed by atoms with van der Waals surface area (Å²) in [6.07, 6.45) is 8.02. The number of hydrogen-bond acceptors (Lipinski definition) is 1.